The Morgan fingerprint density at radius 3 is 2.41 bits per heavy atom. The lowest BCUT2D eigenvalue weighted by Gasteiger charge is -2.20. The minimum absolute atomic E-state index is 0.0874. The molecule has 0 saturated heterocycles. The van der Waals surface area contributed by atoms with Crippen LogP contribution in [0.4, 0.5) is 0 Å². The van der Waals surface area contributed by atoms with Gasteiger partial charge in [0.15, 0.2) is 0 Å². The molecule has 1 aliphatic carbocycles. The number of hydrogen-bond donors (Lipinski definition) is 2. The first-order valence-electron chi connectivity index (χ1n) is 9.68. The first-order valence-corrected chi connectivity index (χ1v) is 9.68. The molecular formula is C21H30N2O4. The molecule has 0 radical (unpaired) electrons. The number of rotatable bonds is 10. The fourth-order valence-corrected chi connectivity index (χ4v) is 2.75. The van der Waals surface area contributed by atoms with E-state index in [-0.39, 0.29) is 36.2 Å². The van der Waals surface area contributed by atoms with Gasteiger partial charge in [-0.15, -0.1) is 0 Å². The van der Waals surface area contributed by atoms with Gasteiger partial charge in [0, 0.05) is 18.9 Å². The third kappa shape index (κ3) is 7.81. The highest BCUT2D eigenvalue weighted by Gasteiger charge is 2.29. The van der Waals surface area contributed by atoms with Gasteiger partial charge in [-0.05, 0) is 45.6 Å². The van der Waals surface area contributed by atoms with Gasteiger partial charge in [0.2, 0.25) is 11.8 Å². The number of carbonyl (C=O) groups is 3. The van der Waals surface area contributed by atoms with E-state index in [1.807, 2.05) is 31.2 Å². The van der Waals surface area contributed by atoms with Crippen LogP contribution in [0.2, 0.25) is 0 Å². The Bertz CT molecular complexity index is 651. The molecule has 1 unspecified atom stereocenters. The lowest BCUT2D eigenvalue weighted by atomic mass is 10.0. The van der Waals surface area contributed by atoms with Crippen molar-refractivity contribution in [1.82, 2.24) is 10.6 Å². The van der Waals surface area contributed by atoms with Crippen molar-refractivity contribution in [2.45, 2.75) is 65.0 Å². The van der Waals surface area contributed by atoms with Crippen molar-refractivity contribution in [3.63, 3.8) is 0 Å². The van der Waals surface area contributed by atoms with Gasteiger partial charge in [-0.2, -0.15) is 0 Å². The Morgan fingerprint density at radius 2 is 1.81 bits per heavy atom. The molecule has 27 heavy (non-hydrogen) atoms. The Morgan fingerprint density at radius 1 is 1.15 bits per heavy atom. The number of nitrogens with one attached hydrogen (secondary N) is 2. The van der Waals surface area contributed by atoms with Gasteiger partial charge in [0.05, 0.1) is 18.6 Å². The molecule has 148 valence electrons. The van der Waals surface area contributed by atoms with Crippen molar-refractivity contribution in [1.29, 1.82) is 0 Å². The number of esters is 1. The van der Waals surface area contributed by atoms with Crippen molar-refractivity contribution >= 4 is 17.8 Å². The lowest BCUT2D eigenvalue weighted by molar-refractivity contribution is -0.148. The van der Waals surface area contributed by atoms with Crippen molar-refractivity contribution in [2.75, 3.05) is 6.54 Å². The van der Waals surface area contributed by atoms with E-state index < -0.39 is 6.04 Å². The topological polar surface area (TPSA) is 84.5 Å². The van der Waals surface area contributed by atoms with Gasteiger partial charge in [-0.1, -0.05) is 29.8 Å². The molecular weight excluding hydrogens is 344 g/mol. The SMILES string of the molecule is Cc1ccc(C(CC(=O)OC(C)C)NC(=O)CCCNC(=O)C2CC2)cc1. The molecule has 6 nitrogen and oxygen atoms in total. The lowest BCUT2D eigenvalue weighted by Crippen LogP contribution is -2.32. The van der Waals surface area contributed by atoms with Crippen molar-refractivity contribution < 1.29 is 19.1 Å². The molecule has 1 aromatic rings. The van der Waals surface area contributed by atoms with E-state index in [0.717, 1.165) is 24.0 Å². The Hall–Kier alpha value is -2.37. The molecule has 2 amide bonds. The summed E-state index contributed by atoms with van der Waals surface area (Å²) in [6, 6.07) is 7.31. The van der Waals surface area contributed by atoms with Crippen LogP contribution in [0.5, 0.6) is 0 Å². The predicted octanol–water partition coefficient (Wildman–Crippen LogP) is 2.80. The molecule has 1 aromatic carbocycles. The summed E-state index contributed by atoms with van der Waals surface area (Å²) in [5.41, 5.74) is 1.98. The van der Waals surface area contributed by atoms with E-state index in [9.17, 15) is 14.4 Å². The number of amides is 2. The number of benzene rings is 1. The van der Waals surface area contributed by atoms with E-state index >= 15 is 0 Å². The Labute approximate surface area is 161 Å². The summed E-state index contributed by atoms with van der Waals surface area (Å²) in [6.07, 6.45) is 2.70. The maximum absolute atomic E-state index is 12.3. The van der Waals surface area contributed by atoms with Crippen LogP contribution in [-0.2, 0) is 19.1 Å². The van der Waals surface area contributed by atoms with E-state index in [2.05, 4.69) is 10.6 Å². The zero-order valence-electron chi connectivity index (χ0n) is 16.4. The summed E-state index contributed by atoms with van der Waals surface area (Å²) < 4.78 is 5.22. The molecule has 1 aliphatic rings. The average Bonchev–Trinajstić information content (AvgIpc) is 3.43. The highest BCUT2D eigenvalue weighted by Crippen LogP contribution is 2.28. The average molecular weight is 374 g/mol. The number of ether oxygens (including phenoxy) is 1. The third-order valence-electron chi connectivity index (χ3n) is 4.38. The van der Waals surface area contributed by atoms with Crippen molar-refractivity contribution in [3.05, 3.63) is 35.4 Å². The second-order valence-corrected chi connectivity index (χ2v) is 7.44. The molecule has 1 atom stereocenters. The van der Waals surface area contributed by atoms with E-state index in [4.69, 9.17) is 4.74 Å². The Balaban J connectivity index is 1.85. The highest BCUT2D eigenvalue weighted by molar-refractivity contribution is 5.81. The molecule has 2 N–H and O–H groups in total. The summed E-state index contributed by atoms with van der Waals surface area (Å²) >= 11 is 0. The fraction of sp³-hybridized carbons (Fsp3) is 0.571. The van der Waals surface area contributed by atoms with E-state index in [1.54, 1.807) is 13.8 Å². The summed E-state index contributed by atoms with van der Waals surface area (Å²) in [4.78, 5) is 36.0. The van der Waals surface area contributed by atoms with Crippen LogP contribution < -0.4 is 10.6 Å². The van der Waals surface area contributed by atoms with Crippen LogP contribution in [0.25, 0.3) is 0 Å². The van der Waals surface area contributed by atoms with Crippen LogP contribution in [0.3, 0.4) is 0 Å². The smallest absolute Gasteiger partial charge is 0.308 e. The summed E-state index contributed by atoms with van der Waals surface area (Å²) in [7, 11) is 0. The monoisotopic (exact) mass is 374 g/mol. The normalized spacial score (nSPS) is 14.5. The zero-order chi connectivity index (χ0) is 19.8. The molecule has 2 rings (SSSR count). The molecule has 6 heteroatoms. The second kappa shape index (κ2) is 10.1. The molecule has 1 saturated carbocycles. The van der Waals surface area contributed by atoms with Gasteiger partial charge in [-0.3, -0.25) is 14.4 Å². The molecule has 0 heterocycles. The summed E-state index contributed by atoms with van der Waals surface area (Å²) in [6.45, 7) is 6.08. The molecule has 0 aromatic heterocycles. The minimum atomic E-state index is -0.426. The van der Waals surface area contributed by atoms with Crippen LogP contribution in [0.15, 0.2) is 24.3 Å². The molecule has 1 fully saturated rings. The maximum atomic E-state index is 12.3. The predicted molar refractivity (Wildman–Crippen MR) is 103 cm³/mol. The standard InChI is InChI=1S/C21H30N2O4/c1-14(2)27-20(25)13-18(16-8-6-15(3)7-9-16)23-19(24)5-4-12-22-21(26)17-10-11-17/h6-9,14,17-18H,4-5,10-13H2,1-3H3,(H,22,26)(H,23,24). The van der Waals surface area contributed by atoms with Gasteiger partial charge in [0.1, 0.15) is 0 Å². The van der Waals surface area contributed by atoms with Gasteiger partial charge in [0.25, 0.3) is 0 Å². The van der Waals surface area contributed by atoms with E-state index in [0.29, 0.717) is 19.4 Å². The number of aryl methyl sites for hydroxylation is 1. The van der Waals surface area contributed by atoms with Crippen molar-refractivity contribution in [3.8, 4) is 0 Å². The largest absolute Gasteiger partial charge is 0.463 e. The summed E-state index contributed by atoms with van der Waals surface area (Å²) in [5, 5.41) is 5.78. The first kappa shape index (κ1) is 20.9. The quantitative estimate of drug-likeness (QED) is 0.487. The van der Waals surface area contributed by atoms with E-state index in [1.165, 1.54) is 0 Å². The molecule has 0 spiro atoms. The number of hydrogen-bond acceptors (Lipinski definition) is 4. The second-order valence-electron chi connectivity index (χ2n) is 7.44. The van der Waals surface area contributed by atoms with Crippen LogP contribution in [0.1, 0.15) is 63.1 Å². The third-order valence-corrected chi connectivity index (χ3v) is 4.38. The molecule has 0 aliphatic heterocycles. The van der Waals surface area contributed by atoms with Gasteiger partial charge >= 0.3 is 5.97 Å². The van der Waals surface area contributed by atoms with Gasteiger partial charge < -0.3 is 15.4 Å². The van der Waals surface area contributed by atoms with Crippen LogP contribution >= 0.6 is 0 Å². The summed E-state index contributed by atoms with van der Waals surface area (Å²) in [5.74, 6) is -0.216. The molecule has 0 bridgehead atoms. The fourth-order valence-electron chi connectivity index (χ4n) is 2.75. The first-order chi connectivity index (χ1) is 12.8. The highest BCUT2D eigenvalue weighted by atomic mass is 16.5. The van der Waals surface area contributed by atoms with Crippen LogP contribution in [-0.4, -0.2) is 30.4 Å². The zero-order valence-corrected chi connectivity index (χ0v) is 16.4. The Kier molecular flexibility index (Phi) is 7.82. The number of carbonyl (C=O) groups excluding carboxylic acids is 3. The minimum Gasteiger partial charge on any atom is -0.463 e. The maximum Gasteiger partial charge on any atom is 0.308 e. The van der Waals surface area contributed by atoms with Crippen molar-refractivity contribution in [2.24, 2.45) is 5.92 Å². The van der Waals surface area contributed by atoms with Crippen LogP contribution in [0, 0.1) is 12.8 Å². The van der Waals surface area contributed by atoms with Gasteiger partial charge in [-0.25, -0.2) is 0 Å².